The van der Waals surface area contributed by atoms with E-state index < -0.39 is 18.6 Å². The maximum atomic E-state index is 12.5. The molecule has 5 nitrogen and oxygen atoms in total. The fourth-order valence-corrected chi connectivity index (χ4v) is 1.03. The van der Waals surface area contributed by atoms with E-state index in [0.29, 0.717) is 5.75 Å². The van der Waals surface area contributed by atoms with Crippen molar-refractivity contribution in [2.45, 2.75) is 6.10 Å². The van der Waals surface area contributed by atoms with Crippen LogP contribution in [0.4, 0.5) is 4.39 Å². The summed E-state index contributed by atoms with van der Waals surface area (Å²) in [6, 6.07) is 5.27. The molecule has 0 aromatic heterocycles. The second-order valence-corrected chi connectivity index (χ2v) is 3.38. The number of aliphatic hydroxyl groups is 2. The maximum Gasteiger partial charge on any atom is 0.258 e. The highest BCUT2D eigenvalue weighted by Gasteiger charge is 2.06. The van der Waals surface area contributed by atoms with Gasteiger partial charge in [-0.15, -0.1) is 0 Å². The molecule has 0 saturated carbocycles. The molecular weight excluding hydrogens is 229 g/mol. The molecule has 0 aliphatic rings. The van der Waals surface area contributed by atoms with Crippen molar-refractivity contribution in [1.82, 2.24) is 5.32 Å². The third-order valence-corrected chi connectivity index (χ3v) is 1.93. The lowest BCUT2D eigenvalue weighted by Crippen LogP contribution is -2.36. The molecule has 0 fully saturated rings. The van der Waals surface area contributed by atoms with Gasteiger partial charge in [-0.05, 0) is 24.3 Å². The van der Waals surface area contributed by atoms with Crippen LogP contribution in [0, 0.1) is 5.82 Å². The number of carbonyl (C=O) groups excluding carboxylic acids is 1. The van der Waals surface area contributed by atoms with E-state index >= 15 is 0 Å². The molecule has 1 atom stereocenters. The Hall–Kier alpha value is -1.66. The fraction of sp³-hybridized carbons (Fsp3) is 0.364. The SMILES string of the molecule is O=C(COc1ccc(F)cc1)NCC(O)CO. The molecule has 0 aliphatic carbocycles. The first-order valence-corrected chi connectivity index (χ1v) is 5.06. The van der Waals surface area contributed by atoms with Gasteiger partial charge in [0.05, 0.1) is 12.7 Å². The summed E-state index contributed by atoms with van der Waals surface area (Å²) in [6.45, 7) is -0.689. The first kappa shape index (κ1) is 13.4. The van der Waals surface area contributed by atoms with Crippen molar-refractivity contribution in [2.24, 2.45) is 0 Å². The van der Waals surface area contributed by atoms with E-state index in [1.807, 2.05) is 0 Å². The summed E-state index contributed by atoms with van der Waals surface area (Å²) in [7, 11) is 0. The summed E-state index contributed by atoms with van der Waals surface area (Å²) in [5.74, 6) is -0.432. The van der Waals surface area contributed by atoms with Gasteiger partial charge in [0.25, 0.3) is 5.91 Å². The van der Waals surface area contributed by atoms with Crippen molar-refractivity contribution in [2.75, 3.05) is 19.8 Å². The lowest BCUT2D eigenvalue weighted by Gasteiger charge is -2.09. The van der Waals surface area contributed by atoms with Gasteiger partial charge in [0.2, 0.25) is 0 Å². The predicted octanol–water partition coefficient (Wildman–Crippen LogP) is -0.326. The minimum atomic E-state index is -0.982. The Labute approximate surface area is 97.8 Å². The maximum absolute atomic E-state index is 12.5. The van der Waals surface area contributed by atoms with E-state index in [1.165, 1.54) is 24.3 Å². The van der Waals surface area contributed by atoms with Crippen molar-refractivity contribution < 1.29 is 24.1 Å². The Morgan fingerprint density at radius 1 is 1.41 bits per heavy atom. The molecule has 0 heterocycles. The zero-order valence-electron chi connectivity index (χ0n) is 9.10. The second-order valence-electron chi connectivity index (χ2n) is 3.38. The molecule has 6 heteroatoms. The lowest BCUT2D eigenvalue weighted by atomic mass is 10.3. The summed E-state index contributed by atoms with van der Waals surface area (Å²) in [5, 5.41) is 19.9. The highest BCUT2D eigenvalue weighted by molar-refractivity contribution is 5.77. The number of hydrogen-bond donors (Lipinski definition) is 3. The molecule has 0 spiro atoms. The largest absolute Gasteiger partial charge is 0.484 e. The normalized spacial score (nSPS) is 11.9. The van der Waals surface area contributed by atoms with Crippen molar-refractivity contribution in [3.8, 4) is 5.75 Å². The second kappa shape index (κ2) is 6.82. The molecule has 1 aromatic rings. The molecule has 94 valence electrons. The van der Waals surface area contributed by atoms with Gasteiger partial charge in [-0.25, -0.2) is 4.39 Å². The lowest BCUT2D eigenvalue weighted by molar-refractivity contribution is -0.123. The number of nitrogens with one attached hydrogen (secondary N) is 1. The average Bonchev–Trinajstić information content (AvgIpc) is 2.35. The standard InChI is InChI=1S/C11H14FNO4/c12-8-1-3-10(4-2-8)17-7-11(16)13-5-9(15)6-14/h1-4,9,14-15H,5-7H2,(H,13,16). The zero-order valence-corrected chi connectivity index (χ0v) is 9.10. The van der Waals surface area contributed by atoms with Gasteiger partial charge in [0.15, 0.2) is 6.61 Å². The number of benzene rings is 1. The van der Waals surface area contributed by atoms with E-state index in [1.54, 1.807) is 0 Å². The number of hydrogen-bond acceptors (Lipinski definition) is 4. The van der Waals surface area contributed by atoms with Crippen LogP contribution in [0.2, 0.25) is 0 Å². The summed E-state index contributed by atoms with van der Waals surface area (Å²) in [6.07, 6.45) is -0.982. The minimum Gasteiger partial charge on any atom is -0.484 e. The molecule has 0 aliphatic heterocycles. The van der Waals surface area contributed by atoms with E-state index in [4.69, 9.17) is 14.9 Å². The molecule has 0 saturated heterocycles. The summed E-state index contributed by atoms with van der Waals surface area (Å²) in [5.41, 5.74) is 0. The van der Waals surface area contributed by atoms with Crippen LogP contribution >= 0.6 is 0 Å². The molecule has 1 unspecified atom stereocenters. The van der Waals surface area contributed by atoms with E-state index in [2.05, 4.69) is 5.32 Å². The van der Waals surface area contributed by atoms with Gasteiger partial charge in [0.1, 0.15) is 11.6 Å². The van der Waals surface area contributed by atoms with Crippen LogP contribution in [0.1, 0.15) is 0 Å². The fourth-order valence-electron chi connectivity index (χ4n) is 1.03. The minimum absolute atomic E-state index is 0.0396. The molecule has 0 radical (unpaired) electrons. The summed E-state index contributed by atoms with van der Waals surface area (Å²) in [4.78, 5) is 11.2. The zero-order chi connectivity index (χ0) is 12.7. The van der Waals surface area contributed by atoms with E-state index in [0.717, 1.165) is 0 Å². The highest BCUT2D eigenvalue weighted by Crippen LogP contribution is 2.10. The highest BCUT2D eigenvalue weighted by atomic mass is 19.1. The number of ether oxygens (including phenoxy) is 1. The van der Waals surface area contributed by atoms with Crippen LogP contribution < -0.4 is 10.1 Å². The molecule has 17 heavy (non-hydrogen) atoms. The third kappa shape index (κ3) is 5.28. The molecule has 1 rings (SSSR count). The number of rotatable bonds is 6. The van der Waals surface area contributed by atoms with Gasteiger partial charge in [-0.2, -0.15) is 0 Å². The van der Waals surface area contributed by atoms with Crippen LogP contribution in [0.3, 0.4) is 0 Å². The first-order valence-electron chi connectivity index (χ1n) is 5.06. The van der Waals surface area contributed by atoms with E-state index in [-0.39, 0.29) is 19.0 Å². The molecule has 1 amide bonds. The van der Waals surface area contributed by atoms with Crippen molar-refractivity contribution in [3.05, 3.63) is 30.1 Å². The number of carbonyl (C=O) groups is 1. The number of amides is 1. The molecule has 1 aromatic carbocycles. The summed E-state index contributed by atoms with van der Waals surface area (Å²) < 4.78 is 17.6. The average molecular weight is 243 g/mol. The van der Waals surface area contributed by atoms with Crippen LogP contribution in [-0.4, -0.2) is 42.0 Å². The summed E-state index contributed by atoms with van der Waals surface area (Å²) >= 11 is 0. The van der Waals surface area contributed by atoms with Gasteiger partial charge in [-0.1, -0.05) is 0 Å². The van der Waals surface area contributed by atoms with Gasteiger partial charge < -0.3 is 20.3 Å². The van der Waals surface area contributed by atoms with Crippen molar-refractivity contribution in [3.63, 3.8) is 0 Å². The smallest absolute Gasteiger partial charge is 0.258 e. The Kier molecular flexibility index (Phi) is 5.38. The Morgan fingerprint density at radius 3 is 2.65 bits per heavy atom. The Bertz CT molecular complexity index is 355. The predicted molar refractivity (Wildman–Crippen MR) is 58.0 cm³/mol. The molecule has 3 N–H and O–H groups in total. The van der Waals surface area contributed by atoms with Crippen LogP contribution in [0.15, 0.2) is 24.3 Å². The first-order chi connectivity index (χ1) is 8.11. The topological polar surface area (TPSA) is 78.8 Å². The van der Waals surface area contributed by atoms with Crippen LogP contribution in [0.5, 0.6) is 5.75 Å². The Balaban J connectivity index is 2.26. The van der Waals surface area contributed by atoms with Gasteiger partial charge in [0, 0.05) is 6.54 Å². The van der Waals surface area contributed by atoms with Gasteiger partial charge in [-0.3, -0.25) is 4.79 Å². The van der Waals surface area contributed by atoms with Crippen LogP contribution in [-0.2, 0) is 4.79 Å². The van der Waals surface area contributed by atoms with E-state index in [9.17, 15) is 9.18 Å². The Morgan fingerprint density at radius 2 is 2.06 bits per heavy atom. The van der Waals surface area contributed by atoms with Crippen molar-refractivity contribution in [1.29, 1.82) is 0 Å². The van der Waals surface area contributed by atoms with Crippen LogP contribution in [0.25, 0.3) is 0 Å². The number of aliphatic hydroxyl groups excluding tert-OH is 2. The van der Waals surface area contributed by atoms with Gasteiger partial charge >= 0.3 is 0 Å². The van der Waals surface area contributed by atoms with Crippen molar-refractivity contribution >= 4 is 5.91 Å². The quantitative estimate of drug-likeness (QED) is 0.639. The molecule has 0 bridgehead atoms. The monoisotopic (exact) mass is 243 g/mol. The number of halogens is 1. The third-order valence-electron chi connectivity index (χ3n) is 1.93. The molecular formula is C11H14FNO4.